The fraction of sp³-hybridized carbons (Fsp3) is 0.273. The summed E-state index contributed by atoms with van der Waals surface area (Å²) in [6.07, 6.45) is 2.13. The normalized spacial score (nSPS) is 12.8. The number of carbonyl (C=O) groups excluding carboxylic acids is 1. The number of hydrogen-bond acceptors (Lipinski definition) is 5. The Morgan fingerprint density at radius 1 is 1.07 bits per heavy atom. The van der Waals surface area contributed by atoms with Crippen molar-refractivity contribution in [1.82, 2.24) is 26.0 Å². The molecule has 0 bridgehead atoms. The van der Waals surface area contributed by atoms with Crippen molar-refractivity contribution in [1.29, 1.82) is 0 Å². The zero-order chi connectivity index (χ0) is 21.3. The maximum absolute atomic E-state index is 12.5. The summed E-state index contributed by atoms with van der Waals surface area (Å²) in [7, 11) is 1.71. The fourth-order valence-electron chi connectivity index (χ4n) is 3.37. The predicted octanol–water partition coefficient (Wildman–Crippen LogP) is 2.12. The van der Waals surface area contributed by atoms with E-state index < -0.39 is 11.9 Å². The molecular formula is C22H25N5O3. The van der Waals surface area contributed by atoms with Gasteiger partial charge >= 0.3 is 5.97 Å². The Labute approximate surface area is 174 Å². The van der Waals surface area contributed by atoms with Crippen LogP contribution in [0.5, 0.6) is 0 Å². The number of aliphatic carboxylic acids is 1. The number of aromatic amines is 1. The first kappa shape index (κ1) is 21.2. The quantitative estimate of drug-likeness (QED) is 0.409. The van der Waals surface area contributed by atoms with E-state index in [0.717, 1.165) is 16.7 Å². The number of hydrogen-bond donors (Lipinski definition) is 4. The fourth-order valence-corrected chi connectivity index (χ4v) is 3.37. The minimum absolute atomic E-state index is 0.167. The van der Waals surface area contributed by atoms with E-state index in [1.54, 1.807) is 7.05 Å². The second-order valence-corrected chi connectivity index (χ2v) is 7.12. The summed E-state index contributed by atoms with van der Waals surface area (Å²) in [5.41, 5.74) is 3.40. The Morgan fingerprint density at radius 2 is 1.77 bits per heavy atom. The summed E-state index contributed by atoms with van der Waals surface area (Å²) in [5, 5.41) is 25.2. The molecule has 0 saturated carbocycles. The van der Waals surface area contributed by atoms with Gasteiger partial charge in [0.1, 0.15) is 0 Å². The molecule has 3 aromatic rings. The second kappa shape index (κ2) is 10.3. The van der Waals surface area contributed by atoms with Gasteiger partial charge in [-0.1, -0.05) is 54.6 Å². The molecule has 2 unspecified atom stereocenters. The van der Waals surface area contributed by atoms with Gasteiger partial charge in [0, 0.05) is 12.6 Å². The lowest BCUT2D eigenvalue weighted by Crippen LogP contribution is -2.41. The van der Waals surface area contributed by atoms with Crippen molar-refractivity contribution in [3.63, 3.8) is 0 Å². The highest BCUT2D eigenvalue weighted by molar-refractivity contribution is 5.92. The van der Waals surface area contributed by atoms with Crippen LogP contribution >= 0.6 is 0 Å². The van der Waals surface area contributed by atoms with Crippen molar-refractivity contribution in [2.45, 2.75) is 18.9 Å². The van der Waals surface area contributed by atoms with Gasteiger partial charge in [0.25, 0.3) is 5.91 Å². The molecule has 1 amide bonds. The van der Waals surface area contributed by atoms with Crippen LogP contribution in [-0.2, 0) is 11.2 Å². The number of aromatic nitrogens is 3. The number of benzene rings is 2. The van der Waals surface area contributed by atoms with Crippen LogP contribution in [0.3, 0.4) is 0 Å². The number of carboxylic acid groups (broad SMARTS) is 1. The van der Waals surface area contributed by atoms with E-state index in [1.165, 1.54) is 6.20 Å². The molecule has 156 valence electrons. The van der Waals surface area contributed by atoms with E-state index in [1.807, 2.05) is 54.6 Å². The van der Waals surface area contributed by atoms with Gasteiger partial charge < -0.3 is 15.7 Å². The first-order chi connectivity index (χ1) is 14.6. The van der Waals surface area contributed by atoms with E-state index in [9.17, 15) is 14.7 Å². The van der Waals surface area contributed by atoms with E-state index >= 15 is 0 Å². The maximum atomic E-state index is 12.5. The molecule has 2 atom stereocenters. The maximum Gasteiger partial charge on any atom is 0.307 e. The van der Waals surface area contributed by atoms with Crippen LogP contribution in [-0.4, -0.2) is 52.0 Å². The number of carboxylic acids is 1. The minimum atomic E-state index is -0.899. The van der Waals surface area contributed by atoms with Crippen molar-refractivity contribution in [2.24, 2.45) is 5.92 Å². The van der Waals surface area contributed by atoms with Crippen molar-refractivity contribution < 1.29 is 14.7 Å². The first-order valence-corrected chi connectivity index (χ1v) is 9.75. The van der Waals surface area contributed by atoms with Crippen LogP contribution in [0, 0.1) is 5.92 Å². The van der Waals surface area contributed by atoms with Gasteiger partial charge in [0.15, 0.2) is 5.69 Å². The third-order valence-corrected chi connectivity index (χ3v) is 4.89. The predicted molar refractivity (Wildman–Crippen MR) is 113 cm³/mol. The highest BCUT2D eigenvalue weighted by atomic mass is 16.4. The smallest absolute Gasteiger partial charge is 0.307 e. The molecule has 8 nitrogen and oxygen atoms in total. The molecule has 1 heterocycles. The molecule has 8 heteroatoms. The summed E-state index contributed by atoms with van der Waals surface area (Å²) in [5.74, 6) is -1.91. The third kappa shape index (κ3) is 5.74. The Bertz CT molecular complexity index is 943. The lowest BCUT2D eigenvalue weighted by molar-refractivity contribution is -0.142. The van der Waals surface area contributed by atoms with Crippen LogP contribution in [0.4, 0.5) is 0 Å². The Kier molecular flexibility index (Phi) is 7.29. The van der Waals surface area contributed by atoms with E-state index in [0.29, 0.717) is 19.4 Å². The average Bonchev–Trinajstić information content (AvgIpc) is 3.29. The summed E-state index contributed by atoms with van der Waals surface area (Å²) >= 11 is 0. The molecule has 4 N–H and O–H groups in total. The molecule has 0 saturated heterocycles. The van der Waals surface area contributed by atoms with Crippen LogP contribution in [0.15, 0.2) is 60.8 Å². The molecule has 0 aliphatic heterocycles. The lowest BCUT2D eigenvalue weighted by Gasteiger charge is -2.22. The highest BCUT2D eigenvalue weighted by Crippen LogP contribution is 2.20. The lowest BCUT2D eigenvalue weighted by atomic mass is 9.93. The zero-order valence-corrected chi connectivity index (χ0v) is 16.7. The molecule has 3 rings (SSSR count). The molecule has 1 aromatic heterocycles. The molecule has 0 radical (unpaired) electrons. The van der Waals surface area contributed by atoms with Gasteiger partial charge in [-0.3, -0.25) is 9.59 Å². The molecule has 0 fully saturated rings. The zero-order valence-electron chi connectivity index (χ0n) is 16.7. The number of amides is 1. The number of rotatable bonds is 10. The summed E-state index contributed by atoms with van der Waals surface area (Å²) in [4.78, 5) is 24.1. The van der Waals surface area contributed by atoms with Crippen LogP contribution in [0.2, 0.25) is 0 Å². The van der Waals surface area contributed by atoms with Gasteiger partial charge in [-0.25, -0.2) is 0 Å². The van der Waals surface area contributed by atoms with Gasteiger partial charge in [0.05, 0.1) is 12.1 Å². The van der Waals surface area contributed by atoms with Gasteiger partial charge in [-0.2, -0.15) is 15.4 Å². The highest BCUT2D eigenvalue weighted by Gasteiger charge is 2.24. The van der Waals surface area contributed by atoms with Crippen molar-refractivity contribution >= 4 is 11.9 Å². The standard InChI is InChI=1S/C22H25N5O3/c1-23-13-18(22(29)30)12-19(25-21(28)20-14-24-27-26-20)11-15-7-9-17(10-8-15)16-5-3-2-4-6-16/h2-10,14,18-19,23H,11-13H2,1H3,(H,25,28)(H,29,30)(H,24,26,27). The number of nitrogens with zero attached hydrogens (tertiary/aromatic N) is 2. The van der Waals surface area contributed by atoms with E-state index in [-0.39, 0.29) is 17.6 Å². The van der Waals surface area contributed by atoms with Gasteiger partial charge in [-0.15, -0.1) is 0 Å². The topological polar surface area (TPSA) is 120 Å². The Balaban J connectivity index is 1.75. The summed E-state index contributed by atoms with van der Waals surface area (Å²) in [6.45, 7) is 0.318. The summed E-state index contributed by atoms with van der Waals surface area (Å²) in [6, 6.07) is 17.8. The molecular weight excluding hydrogens is 382 g/mol. The number of nitrogens with one attached hydrogen (secondary N) is 3. The minimum Gasteiger partial charge on any atom is -0.481 e. The Morgan fingerprint density at radius 3 is 2.37 bits per heavy atom. The third-order valence-electron chi connectivity index (χ3n) is 4.89. The molecule has 0 aliphatic rings. The van der Waals surface area contributed by atoms with Crippen molar-refractivity contribution in [2.75, 3.05) is 13.6 Å². The molecule has 0 aliphatic carbocycles. The Hall–Kier alpha value is -3.52. The largest absolute Gasteiger partial charge is 0.481 e. The van der Waals surface area contributed by atoms with Crippen LogP contribution in [0.1, 0.15) is 22.5 Å². The van der Waals surface area contributed by atoms with Crippen molar-refractivity contribution in [3.05, 3.63) is 72.1 Å². The average molecular weight is 407 g/mol. The first-order valence-electron chi connectivity index (χ1n) is 9.75. The van der Waals surface area contributed by atoms with E-state index in [4.69, 9.17) is 0 Å². The van der Waals surface area contributed by atoms with Crippen molar-refractivity contribution in [3.8, 4) is 11.1 Å². The van der Waals surface area contributed by atoms with E-state index in [2.05, 4.69) is 26.0 Å². The number of carbonyl (C=O) groups is 2. The number of H-pyrrole nitrogens is 1. The second-order valence-electron chi connectivity index (χ2n) is 7.12. The molecule has 2 aromatic carbocycles. The molecule has 0 spiro atoms. The molecule has 30 heavy (non-hydrogen) atoms. The monoisotopic (exact) mass is 407 g/mol. The summed E-state index contributed by atoms with van der Waals surface area (Å²) < 4.78 is 0. The SMILES string of the molecule is CNCC(CC(Cc1ccc(-c2ccccc2)cc1)NC(=O)c1cn[nH]n1)C(=O)O. The van der Waals surface area contributed by atoms with Crippen LogP contribution < -0.4 is 10.6 Å². The van der Waals surface area contributed by atoms with Gasteiger partial charge in [0.2, 0.25) is 0 Å². The van der Waals surface area contributed by atoms with Crippen LogP contribution in [0.25, 0.3) is 11.1 Å². The van der Waals surface area contributed by atoms with Gasteiger partial charge in [-0.05, 0) is 36.6 Å².